The van der Waals surface area contributed by atoms with E-state index in [1.807, 2.05) is 13.8 Å². The molecule has 1 aromatic rings. The van der Waals surface area contributed by atoms with Crippen LogP contribution >= 0.6 is 15.9 Å². The Kier molecular flexibility index (Phi) is 4.17. The van der Waals surface area contributed by atoms with Gasteiger partial charge in [0.05, 0.1) is 22.6 Å². The lowest BCUT2D eigenvalue weighted by atomic mass is 9.65. The summed E-state index contributed by atoms with van der Waals surface area (Å²) in [6.07, 6.45) is -0.0402. The lowest BCUT2D eigenvalue weighted by Crippen LogP contribution is -2.61. The molecule has 2 unspecified atom stereocenters. The van der Waals surface area contributed by atoms with Crippen molar-refractivity contribution in [1.29, 1.82) is 0 Å². The van der Waals surface area contributed by atoms with Crippen molar-refractivity contribution in [3.05, 3.63) is 22.7 Å². The molecule has 2 rings (SSSR count). The fraction of sp³-hybridized carbons (Fsp3) is 0.538. The van der Waals surface area contributed by atoms with Gasteiger partial charge in [0.25, 0.3) is 0 Å². The van der Waals surface area contributed by atoms with Crippen LogP contribution in [0.15, 0.2) is 27.6 Å². The number of hydrogen-bond acceptors (Lipinski definition) is 4. The Labute approximate surface area is 127 Å². The first-order valence-corrected chi connectivity index (χ1v) is 8.50. The molecule has 0 aliphatic heterocycles. The third kappa shape index (κ3) is 2.72. The van der Waals surface area contributed by atoms with Gasteiger partial charge in [0.1, 0.15) is 5.75 Å². The van der Waals surface area contributed by atoms with Crippen molar-refractivity contribution in [2.75, 3.05) is 7.11 Å². The molecule has 0 aromatic heterocycles. The summed E-state index contributed by atoms with van der Waals surface area (Å²) in [5.74, 6) is 0.573. The third-order valence-electron chi connectivity index (χ3n) is 3.95. The van der Waals surface area contributed by atoms with Gasteiger partial charge in [-0.05, 0) is 40.5 Å². The zero-order valence-electron chi connectivity index (χ0n) is 11.6. The first-order chi connectivity index (χ1) is 9.18. The number of benzene rings is 1. The lowest BCUT2D eigenvalue weighted by molar-refractivity contribution is -0.0645. The minimum absolute atomic E-state index is 0.169. The van der Waals surface area contributed by atoms with E-state index in [0.29, 0.717) is 16.6 Å². The molecule has 1 fully saturated rings. The molecular weight excluding hydrogens is 346 g/mol. The normalized spacial score (nSPS) is 25.1. The molecule has 1 saturated carbocycles. The molecule has 0 spiro atoms. The number of sulfonamides is 1. The summed E-state index contributed by atoms with van der Waals surface area (Å²) in [4.78, 5) is 0.169. The number of methoxy groups -OCH3 is 1. The van der Waals surface area contributed by atoms with Gasteiger partial charge in [-0.1, -0.05) is 13.8 Å². The van der Waals surface area contributed by atoms with Crippen molar-refractivity contribution in [2.45, 2.75) is 37.3 Å². The van der Waals surface area contributed by atoms with Crippen LogP contribution in [0.5, 0.6) is 5.75 Å². The molecule has 0 bridgehead atoms. The van der Waals surface area contributed by atoms with E-state index < -0.39 is 21.5 Å². The van der Waals surface area contributed by atoms with Crippen LogP contribution in [0.4, 0.5) is 0 Å². The van der Waals surface area contributed by atoms with Gasteiger partial charge < -0.3 is 9.84 Å². The predicted octanol–water partition coefficient (Wildman–Crippen LogP) is 1.90. The fourth-order valence-corrected chi connectivity index (χ4v) is 4.30. The largest absolute Gasteiger partial charge is 0.496 e. The molecule has 20 heavy (non-hydrogen) atoms. The number of halogens is 1. The number of aliphatic hydroxyl groups excluding tert-OH is 1. The number of rotatable bonds is 4. The highest BCUT2D eigenvalue weighted by Crippen LogP contribution is 2.41. The van der Waals surface area contributed by atoms with Gasteiger partial charge in [-0.3, -0.25) is 0 Å². The summed E-state index contributed by atoms with van der Waals surface area (Å²) in [6.45, 7) is 3.69. The highest BCUT2D eigenvalue weighted by molar-refractivity contribution is 9.10. The van der Waals surface area contributed by atoms with Crippen molar-refractivity contribution >= 4 is 26.0 Å². The average molecular weight is 364 g/mol. The lowest BCUT2D eigenvalue weighted by Gasteiger charge is -2.49. The van der Waals surface area contributed by atoms with Gasteiger partial charge in [0.2, 0.25) is 10.0 Å². The highest BCUT2D eigenvalue weighted by Gasteiger charge is 2.48. The minimum atomic E-state index is -3.61. The molecule has 2 N–H and O–H groups in total. The molecule has 2 atom stereocenters. The van der Waals surface area contributed by atoms with Gasteiger partial charge in [0, 0.05) is 11.5 Å². The predicted molar refractivity (Wildman–Crippen MR) is 79.2 cm³/mol. The van der Waals surface area contributed by atoms with Gasteiger partial charge >= 0.3 is 0 Å². The molecule has 1 aromatic carbocycles. The quantitative estimate of drug-likeness (QED) is 0.856. The average Bonchev–Trinajstić information content (AvgIpc) is 2.38. The van der Waals surface area contributed by atoms with E-state index in [4.69, 9.17) is 4.74 Å². The van der Waals surface area contributed by atoms with E-state index >= 15 is 0 Å². The molecule has 7 heteroatoms. The van der Waals surface area contributed by atoms with E-state index in [9.17, 15) is 13.5 Å². The number of hydrogen-bond donors (Lipinski definition) is 2. The number of nitrogens with one attached hydrogen (secondary N) is 1. The summed E-state index contributed by atoms with van der Waals surface area (Å²) < 4.78 is 33.0. The molecule has 0 saturated heterocycles. The van der Waals surface area contributed by atoms with Gasteiger partial charge in [-0.15, -0.1) is 0 Å². The Hall–Kier alpha value is -0.630. The van der Waals surface area contributed by atoms with Gasteiger partial charge in [-0.25, -0.2) is 13.1 Å². The molecule has 5 nitrogen and oxygen atoms in total. The molecule has 0 amide bonds. The molecule has 1 aliphatic rings. The second kappa shape index (κ2) is 5.29. The molecule has 0 heterocycles. The van der Waals surface area contributed by atoms with Crippen LogP contribution in [0.3, 0.4) is 0 Å². The highest BCUT2D eigenvalue weighted by atomic mass is 79.9. The molecular formula is C13H18BrNO4S. The van der Waals surface area contributed by atoms with Crippen LogP contribution in [-0.4, -0.2) is 32.8 Å². The maximum Gasteiger partial charge on any atom is 0.240 e. The van der Waals surface area contributed by atoms with Crippen molar-refractivity contribution in [2.24, 2.45) is 5.41 Å². The van der Waals surface area contributed by atoms with Crippen molar-refractivity contribution in [1.82, 2.24) is 4.72 Å². The second-order valence-electron chi connectivity index (χ2n) is 5.54. The minimum Gasteiger partial charge on any atom is -0.496 e. The van der Waals surface area contributed by atoms with Crippen LogP contribution < -0.4 is 9.46 Å². The van der Waals surface area contributed by atoms with Crippen LogP contribution in [0.25, 0.3) is 0 Å². The first-order valence-electron chi connectivity index (χ1n) is 6.22. The Morgan fingerprint density at radius 1 is 1.45 bits per heavy atom. The van der Waals surface area contributed by atoms with Crippen LogP contribution in [0.2, 0.25) is 0 Å². The first kappa shape index (κ1) is 15.8. The zero-order chi connectivity index (χ0) is 15.1. The Morgan fingerprint density at radius 2 is 2.10 bits per heavy atom. The summed E-state index contributed by atoms with van der Waals surface area (Å²) >= 11 is 3.27. The summed E-state index contributed by atoms with van der Waals surface area (Å²) in [6, 6.07) is 4.33. The molecule has 112 valence electrons. The monoisotopic (exact) mass is 363 g/mol. The van der Waals surface area contributed by atoms with Crippen LogP contribution in [-0.2, 0) is 10.0 Å². The van der Waals surface area contributed by atoms with E-state index in [1.165, 1.54) is 19.2 Å². The van der Waals surface area contributed by atoms with Crippen molar-refractivity contribution in [3.8, 4) is 5.75 Å². The maximum absolute atomic E-state index is 12.3. The standard InChI is InChI=1S/C13H18BrNO4S/c1-13(2)11(7-12(13)16)15-20(17,18)8-4-5-10(19-3)9(14)6-8/h4-6,11-12,15-16H,7H2,1-3H3. The second-order valence-corrected chi connectivity index (χ2v) is 8.11. The molecule has 1 aliphatic carbocycles. The summed E-state index contributed by atoms with van der Waals surface area (Å²) in [5.41, 5.74) is -0.448. The van der Waals surface area contributed by atoms with E-state index in [2.05, 4.69) is 20.7 Å². The maximum atomic E-state index is 12.3. The van der Waals surface area contributed by atoms with E-state index in [-0.39, 0.29) is 10.9 Å². The van der Waals surface area contributed by atoms with Crippen LogP contribution in [0.1, 0.15) is 20.3 Å². The summed E-state index contributed by atoms with van der Waals surface area (Å²) in [7, 11) is -2.09. The van der Waals surface area contributed by atoms with Crippen LogP contribution in [0, 0.1) is 5.41 Å². The fourth-order valence-electron chi connectivity index (χ4n) is 2.17. The van der Waals surface area contributed by atoms with Gasteiger partial charge in [-0.2, -0.15) is 0 Å². The van der Waals surface area contributed by atoms with Crippen molar-refractivity contribution in [3.63, 3.8) is 0 Å². The number of ether oxygens (including phenoxy) is 1. The van der Waals surface area contributed by atoms with Gasteiger partial charge in [0.15, 0.2) is 0 Å². The smallest absolute Gasteiger partial charge is 0.240 e. The summed E-state index contributed by atoms with van der Waals surface area (Å²) in [5, 5.41) is 9.67. The Morgan fingerprint density at radius 3 is 2.55 bits per heavy atom. The zero-order valence-corrected chi connectivity index (χ0v) is 14.0. The topological polar surface area (TPSA) is 75.6 Å². The van der Waals surface area contributed by atoms with E-state index in [1.54, 1.807) is 6.07 Å². The Balaban J connectivity index is 2.21. The Bertz CT molecular complexity index is 615. The molecule has 0 radical (unpaired) electrons. The third-order valence-corrected chi connectivity index (χ3v) is 6.04. The number of aliphatic hydroxyl groups is 1. The van der Waals surface area contributed by atoms with E-state index in [0.717, 1.165) is 0 Å². The van der Waals surface area contributed by atoms with Crippen molar-refractivity contribution < 1.29 is 18.3 Å². The SMILES string of the molecule is COc1ccc(S(=O)(=O)NC2CC(O)C2(C)C)cc1Br.